The van der Waals surface area contributed by atoms with E-state index in [1.807, 2.05) is 19.2 Å². The fourth-order valence-electron chi connectivity index (χ4n) is 2.14. The van der Waals surface area contributed by atoms with Gasteiger partial charge in [0.1, 0.15) is 5.01 Å². The van der Waals surface area contributed by atoms with Gasteiger partial charge in [-0.25, -0.2) is 9.78 Å². The lowest BCUT2D eigenvalue weighted by molar-refractivity contribution is -0.122. The van der Waals surface area contributed by atoms with Crippen LogP contribution in [0.15, 0.2) is 35.8 Å². The van der Waals surface area contributed by atoms with Crippen molar-refractivity contribution in [1.82, 2.24) is 10.3 Å². The van der Waals surface area contributed by atoms with Crippen molar-refractivity contribution in [3.63, 3.8) is 0 Å². The van der Waals surface area contributed by atoms with Crippen molar-refractivity contribution in [2.45, 2.75) is 32.2 Å². The van der Waals surface area contributed by atoms with E-state index >= 15 is 0 Å². The maximum Gasteiger partial charge on any atom is 0.335 e. The molecule has 5 nitrogen and oxygen atoms in total. The maximum absolute atomic E-state index is 12.3. The Labute approximate surface area is 133 Å². The number of aromatic nitrogens is 1. The molecule has 0 aliphatic rings. The number of rotatable bonds is 6. The predicted molar refractivity (Wildman–Crippen MR) is 85.0 cm³/mol. The summed E-state index contributed by atoms with van der Waals surface area (Å²) >= 11 is 1.51. The molecule has 1 aromatic carbocycles. The summed E-state index contributed by atoms with van der Waals surface area (Å²) in [6, 6.07) is 6.43. The number of carbonyl (C=O) groups is 2. The number of carboxylic acids is 1. The van der Waals surface area contributed by atoms with Crippen LogP contribution >= 0.6 is 11.3 Å². The number of nitrogens with zero attached hydrogens (tertiary/aromatic N) is 1. The van der Waals surface area contributed by atoms with Crippen LogP contribution in [-0.2, 0) is 16.8 Å². The lowest BCUT2D eigenvalue weighted by Gasteiger charge is -2.27. The minimum Gasteiger partial charge on any atom is -0.478 e. The number of benzene rings is 1. The molecule has 1 aromatic heterocycles. The summed E-state index contributed by atoms with van der Waals surface area (Å²) in [6.07, 6.45) is 2.58. The van der Waals surface area contributed by atoms with Crippen LogP contribution in [-0.4, -0.2) is 22.0 Å². The van der Waals surface area contributed by atoms with Crippen molar-refractivity contribution in [3.05, 3.63) is 52.0 Å². The third kappa shape index (κ3) is 3.71. The van der Waals surface area contributed by atoms with E-state index in [9.17, 15) is 9.59 Å². The number of carbonyl (C=O) groups excluding carboxylic acids is 1. The first-order chi connectivity index (χ1) is 10.4. The van der Waals surface area contributed by atoms with Crippen molar-refractivity contribution >= 4 is 23.2 Å². The first kappa shape index (κ1) is 16.2. The Morgan fingerprint density at radius 3 is 2.77 bits per heavy atom. The van der Waals surface area contributed by atoms with Gasteiger partial charge in [-0.2, -0.15) is 0 Å². The molecule has 116 valence electrons. The molecule has 2 N–H and O–H groups in total. The highest BCUT2D eigenvalue weighted by Crippen LogP contribution is 2.26. The van der Waals surface area contributed by atoms with E-state index in [1.165, 1.54) is 23.5 Å². The van der Waals surface area contributed by atoms with E-state index in [0.717, 1.165) is 11.4 Å². The highest BCUT2D eigenvalue weighted by Gasteiger charge is 2.29. The number of hydrogen-bond acceptors (Lipinski definition) is 4. The molecule has 0 fully saturated rings. The summed E-state index contributed by atoms with van der Waals surface area (Å²) in [6.45, 7) is 3.93. The first-order valence-electron chi connectivity index (χ1n) is 6.98. The van der Waals surface area contributed by atoms with Crippen LogP contribution in [0.5, 0.6) is 0 Å². The molecule has 6 heteroatoms. The molecule has 0 spiro atoms. The van der Waals surface area contributed by atoms with Crippen molar-refractivity contribution in [2.24, 2.45) is 0 Å². The number of amides is 1. The highest BCUT2D eigenvalue weighted by atomic mass is 32.1. The van der Waals surface area contributed by atoms with Crippen LogP contribution in [0, 0.1) is 0 Å². The molecular formula is C16H18N2O3S. The standard InChI is InChI=1S/C16H18N2O3S/c1-3-16(2,15-17-7-8-22-15)18-13(19)10-11-5-4-6-12(9-11)14(20)21/h4-9H,3,10H2,1-2H3,(H,18,19)(H,20,21). The average molecular weight is 318 g/mol. The molecule has 2 aromatic rings. The molecule has 0 radical (unpaired) electrons. The fourth-order valence-corrected chi connectivity index (χ4v) is 2.97. The van der Waals surface area contributed by atoms with Gasteiger partial charge in [-0.3, -0.25) is 4.79 Å². The second kappa shape index (κ2) is 6.70. The summed E-state index contributed by atoms with van der Waals surface area (Å²) in [5.74, 6) is -1.15. The molecule has 1 atom stereocenters. The van der Waals surface area contributed by atoms with Gasteiger partial charge in [-0.05, 0) is 31.0 Å². The van der Waals surface area contributed by atoms with Crippen LogP contribution in [0.25, 0.3) is 0 Å². The van der Waals surface area contributed by atoms with Gasteiger partial charge in [0, 0.05) is 11.6 Å². The molecule has 0 bridgehead atoms. The van der Waals surface area contributed by atoms with Gasteiger partial charge < -0.3 is 10.4 Å². The molecule has 0 saturated heterocycles. The molecule has 0 aliphatic carbocycles. The monoisotopic (exact) mass is 318 g/mol. The van der Waals surface area contributed by atoms with Crippen molar-refractivity contribution in [1.29, 1.82) is 0 Å². The minimum absolute atomic E-state index is 0.141. The lowest BCUT2D eigenvalue weighted by Crippen LogP contribution is -2.43. The number of nitrogens with one attached hydrogen (secondary N) is 1. The molecule has 0 saturated carbocycles. The van der Waals surface area contributed by atoms with Crippen LogP contribution in [0.4, 0.5) is 0 Å². The summed E-state index contributed by atoms with van der Waals surface area (Å²) < 4.78 is 0. The number of aromatic carboxylic acids is 1. The van der Waals surface area contributed by atoms with Crippen LogP contribution in [0.1, 0.15) is 41.2 Å². The molecule has 2 rings (SSSR count). The maximum atomic E-state index is 12.3. The smallest absolute Gasteiger partial charge is 0.335 e. The first-order valence-corrected chi connectivity index (χ1v) is 7.86. The average Bonchev–Trinajstić information content (AvgIpc) is 3.02. The zero-order valence-corrected chi connectivity index (χ0v) is 13.3. The third-order valence-electron chi connectivity index (χ3n) is 3.57. The fraction of sp³-hybridized carbons (Fsp3) is 0.312. The van der Waals surface area contributed by atoms with E-state index in [-0.39, 0.29) is 17.9 Å². The lowest BCUT2D eigenvalue weighted by atomic mass is 9.99. The Bertz CT molecular complexity index is 670. The van der Waals surface area contributed by atoms with Gasteiger partial charge in [-0.1, -0.05) is 19.1 Å². The molecule has 0 aliphatic heterocycles. The molecule has 1 heterocycles. The Hall–Kier alpha value is -2.21. The van der Waals surface area contributed by atoms with E-state index in [1.54, 1.807) is 18.3 Å². The van der Waals surface area contributed by atoms with Crippen molar-refractivity contribution in [2.75, 3.05) is 0 Å². The topological polar surface area (TPSA) is 79.3 Å². The van der Waals surface area contributed by atoms with Crippen LogP contribution in [0.2, 0.25) is 0 Å². The van der Waals surface area contributed by atoms with Gasteiger partial charge in [0.15, 0.2) is 0 Å². The Balaban J connectivity index is 2.09. The molecule has 22 heavy (non-hydrogen) atoms. The third-order valence-corrected chi connectivity index (χ3v) is 4.60. The Kier molecular flexibility index (Phi) is 4.92. The van der Waals surface area contributed by atoms with Crippen LogP contribution in [0.3, 0.4) is 0 Å². The second-order valence-corrected chi connectivity index (χ2v) is 6.15. The SMILES string of the molecule is CCC(C)(NC(=O)Cc1cccc(C(=O)O)c1)c1nccs1. The summed E-state index contributed by atoms with van der Waals surface area (Å²) in [4.78, 5) is 27.5. The van der Waals surface area contributed by atoms with Gasteiger partial charge >= 0.3 is 5.97 Å². The summed E-state index contributed by atoms with van der Waals surface area (Å²) in [5, 5.41) is 14.7. The zero-order valence-electron chi connectivity index (χ0n) is 12.5. The van der Waals surface area contributed by atoms with E-state index < -0.39 is 11.5 Å². The molecular weight excluding hydrogens is 300 g/mol. The van der Waals surface area contributed by atoms with E-state index in [0.29, 0.717) is 5.56 Å². The van der Waals surface area contributed by atoms with E-state index in [2.05, 4.69) is 10.3 Å². The van der Waals surface area contributed by atoms with Crippen molar-refractivity contribution in [3.8, 4) is 0 Å². The zero-order chi connectivity index (χ0) is 16.2. The van der Waals surface area contributed by atoms with E-state index in [4.69, 9.17) is 5.11 Å². The van der Waals surface area contributed by atoms with Crippen molar-refractivity contribution < 1.29 is 14.7 Å². The number of carboxylic acid groups (broad SMARTS) is 1. The summed E-state index contributed by atoms with van der Waals surface area (Å²) in [7, 11) is 0. The molecule has 1 unspecified atom stereocenters. The molecule has 1 amide bonds. The number of thiazole rings is 1. The largest absolute Gasteiger partial charge is 0.478 e. The van der Waals surface area contributed by atoms with Gasteiger partial charge in [0.25, 0.3) is 0 Å². The van der Waals surface area contributed by atoms with Gasteiger partial charge in [0.05, 0.1) is 17.5 Å². The second-order valence-electron chi connectivity index (χ2n) is 5.25. The predicted octanol–water partition coefficient (Wildman–Crippen LogP) is 2.83. The Morgan fingerprint density at radius 2 is 2.18 bits per heavy atom. The number of hydrogen-bond donors (Lipinski definition) is 2. The van der Waals surface area contributed by atoms with Gasteiger partial charge in [0.2, 0.25) is 5.91 Å². The minimum atomic E-state index is -0.997. The Morgan fingerprint density at radius 1 is 1.41 bits per heavy atom. The summed E-state index contributed by atoms with van der Waals surface area (Å²) in [5.41, 5.74) is 0.355. The quantitative estimate of drug-likeness (QED) is 0.858. The van der Waals surface area contributed by atoms with Gasteiger partial charge in [-0.15, -0.1) is 11.3 Å². The highest BCUT2D eigenvalue weighted by molar-refractivity contribution is 7.09. The van der Waals surface area contributed by atoms with Crippen LogP contribution < -0.4 is 5.32 Å². The normalized spacial score (nSPS) is 13.4.